The number of aliphatic hydroxyl groups is 1. The van der Waals surface area contributed by atoms with Gasteiger partial charge in [-0.15, -0.1) is 23.1 Å². The van der Waals surface area contributed by atoms with E-state index in [2.05, 4.69) is 9.97 Å². The quantitative estimate of drug-likeness (QED) is 0.211. The van der Waals surface area contributed by atoms with Crippen LogP contribution in [0.4, 0.5) is 9.18 Å². The lowest BCUT2D eigenvalue weighted by Crippen LogP contribution is -2.48. The van der Waals surface area contributed by atoms with Gasteiger partial charge in [0.25, 0.3) is 0 Å². The van der Waals surface area contributed by atoms with Crippen molar-refractivity contribution in [3.8, 4) is 22.1 Å². The molecule has 0 aliphatic heterocycles. The fourth-order valence-corrected chi connectivity index (χ4v) is 4.41. The summed E-state index contributed by atoms with van der Waals surface area (Å²) in [5.74, 6) is 0.569. The normalized spacial score (nSPS) is 11.0. The van der Waals surface area contributed by atoms with E-state index in [1.54, 1.807) is 56.3 Å². The predicted octanol–water partition coefficient (Wildman–Crippen LogP) is 5.13. The molecule has 5 rings (SSSR count). The zero-order chi connectivity index (χ0) is 24.5. The van der Waals surface area contributed by atoms with Crippen LogP contribution in [0, 0.1) is 11.9 Å². The van der Waals surface area contributed by atoms with Gasteiger partial charge in [-0.25, -0.2) is 9.18 Å². The van der Waals surface area contributed by atoms with Gasteiger partial charge in [0.1, 0.15) is 16.9 Å². The molecule has 1 N–H and O–H groups in total. The number of carbonyl (C=O) groups is 1. The summed E-state index contributed by atoms with van der Waals surface area (Å²) >= 11 is 1.39. The van der Waals surface area contributed by atoms with Gasteiger partial charge >= 0.3 is 6.03 Å². The third kappa shape index (κ3) is 4.46. The maximum atomic E-state index is 13.2. The standard InChI is InChI=1S/C26H20FN4O3S/c1-30(2)26(33)31-14-21(24(32)22-15-35-25(29-22)16-4-3-11-28-13-16)20-10-9-19(12-23(20)31)34-18-7-5-17(27)6-8-18/h3-15,32H,1-2H3/q-1. The van der Waals surface area contributed by atoms with Crippen molar-refractivity contribution in [1.29, 1.82) is 0 Å². The van der Waals surface area contributed by atoms with Gasteiger partial charge in [0.05, 0.1) is 19.8 Å². The second-order valence-electron chi connectivity index (χ2n) is 7.95. The van der Waals surface area contributed by atoms with Crippen LogP contribution in [0.1, 0.15) is 11.3 Å². The molecule has 9 heteroatoms. The van der Waals surface area contributed by atoms with Gasteiger partial charge in [-0.1, -0.05) is 12.1 Å². The minimum absolute atomic E-state index is 0.0427. The number of carbonyl (C=O) groups excluding carboxylic acids is 1. The van der Waals surface area contributed by atoms with Crippen LogP contribution in [0.3, 0.4) is 0 Å². The zero-order valence-corrected chi connectivity index (χ0v) is 19.7. The highest BCUT2D eigenvalue weighted by molar-refractivity contribution is 7.13. The maximum Gasteiger partial charge on any atom is 0.441 e. The van der Waals surface area contributed by atoms with Gasteiger partial charge in [-0.2, -0.15) is 0 Å². The number of aromatic nitrogens is 3. The number of thiazole rings is 1. The molecular weight excluding hydrogens is 467 g/mol. The van der Waals surface area contributed by atoms with E-state index >= 15 is 0 Å². The lowest BCUT2D eigenvalue weighted by atomic mass is 10.1. The molecular formula is C26H20FN4O3S-. The van der Waals surface area contributed by atoms with Gasteiger partial charge in [0.2, 0.25) is 5.01 Å². The Kier molecular flexibility index (Phi) is 5.94. The molecule has 0 fully saturated rings. The molecule has 0 atom stereocenters. The molecule has 5 aromatic rings. The second kappa shape index (κ2) is 9.21. The number of pyridine rings is 1. The minimum Gasteiger partial charge on any atom is -0.486 e. The molecule has 0 unspecified atom stereocenters. The number of benzene rings is 2. The van der Waals surface area contributed by atoms with E-state index in [-0.39, 0.29) is 18.0 Å². The van der Waals surface area contributed by atoms with Crippen molar-refractivity contribution >= 4 is 28.3 Å². The molecule has 3 heterocycles. The summed E-state index contributed by atoms with van der Waals surface area (Å²) in [6, 6.07) is 14.3. The summed E-state index contributed by atoms with van der Waals surface area (Å²) in [5.41, 5.74) is 2.26. The highest BCUT2D eigenvalue weighted by Crippen LogP contribution is 2.33. The molecule has 176 valence electrons. The lowest BCUT2D eigenvalue weighted by molar-refractivity contribution is -0.547. The number of aliphatic hydroxyl groups excluding tert-OH is 1. The number of amides is 1. The van der Waals surface area contributed by atoms with Crippen molar-refractivity contribution in [1.82, 2.24) is 14.9 Å². The Morgan fingerprint density at radius 1 is 1.17 bits per heavy atom. The van der Waals surface area contributed by atoms with Crippen LogP contribution in [0.15, 0.2) is 78.6 Å². The first-order chi connectivity index (χ1) is 16.9. The van der Waals surface area contributed by atoms with E-state index < -0.39 is 0 Å². The first-order valence-corrected chi connectivity index (χ1v) is 11.5. The summed E-state index contributed by atoms with van der Waals surface area (Å²) in [6.07, 6.45) is 4.95. The maximum absolute atomic E-state index is 13.2. The van der Waals surface area contributed by atoms with Crippen molar-refractivity contribution in [3.63, 3.8) is 0 Å². The van der Waals surface area contributed by atoms with Gasteiger partial charge in [-0.3, -0.25) is 14.5 Å². The van der Waals surface area contributed by atoms with Crippen LogP contribution in [0.2, 0.25) is 0 Å². The Morgan fingerprint density at radius 2 is 1.94 bits per heavy atom. The van der Waals surface area contributed by atoms with Crippen LogP contribution in [-0.4, -0.2) is 40.1 Å². The van der Waals surface area contributed by atoms with Crippen LogP contribution in [0.25, 0.3) is 21.5 Å². The lowest BCUT2D eigenvalue weighted by Gasteiger charge is -2.17. The molecule has 3 aromatic heterocycles. The fourth-order valence-electron chi connectivity index (χ4n) is 3.61. The number of ether oxygens (including phenoxy) is 1. The molecule has 0 spiro atoms. The minimum atomic E-state index is -0.359. The number of hydrogen-bond acceptors (Lipinski definition) is 5. The average Bonchev–Trinajstić information content (AvgIpc) is 3.51. The molecule has 35 heavy (non-hydrogen) atoms. The topological polar surface area (TPSA) is 79.4 Å². The first kappa shape index (κ1) is 22.6. The third-order valence-electron chi connectivity index (χ3n) is 5.33. The number of halogens is 1. The average molecular weight is 488 g/mol. The summed E-state index contributed by atoms with van der Waals surface area (Å²) in [7, 11) is 3.30. The highest BCUT2D eigenvalue weighted by atomic mass is 32.1. The second-order valence-corrected chi connectivity index (χ2v) is 8.81. The van der Waals surface area contributed by atoms with E-state index in [1.807, 2.05) is 12.1 Å². The van der Waals surface area contributed by atoms with Crippen molar-refractivity contribution in [2.45, 2.75) is 0 Å². The number of hydrogen-bond donors (Lipinski definition) is 1. The van der Waals surface area contributed by atoms with E-state index in [9.17, 15) is 14.3 Å². The van der Waals surface area contributed by atoms with Crippen molar-refractivity contribution in [2.75, 3.05) is 14.1 Å². The monoisotopic (exact) mass is 487 g/mol. The first-order valence-electron chi connectivity index (χ1n) is 10.6. The van der Waals surface area contributed by atoms with Crippen LogP contribution in [-0.2, 0) is 0 Å². The molecule has 0 bridgehead atoms. The van der Waals surface area contributed by atoms with Crippen molar-refractivity contribution in [2.24, 2.45) is 0 Å². The molecule has 0 aliphatic carbocycles. The Hall–Kier alpha value is -4.21. The molecule has 1 amide bonds. The Bertz CT molecular complexity index is 1500. The van der Waals surface area contributed by atoms with E-state index in [0.29, 0.717) is 33.7 Å². The van der Waals surface area contributed by atoms with Gasteiger partial charge in [0, 0.05) is 23.6 Å². The highest BCUT2D eigenvalue weighted by Gasteiger charge is 2.20. The molecule has 2 aromatic carbocycles. The van der Waals surface area contributed by atoms with Gasteiger partial charge < -0.3 is 14.8 Å². The summed E-state index contributed by atoms with van der Waals surface area (Å²) < 4.78 is 20.5. The summed E-state index contributed by atoms with van der Waals surface area (Å²) in [6.45, 7) is 0. The third-order valence-corrected chi connectivity index (χ3v) is 6.22. The van der Waals surface area contributed by atoms with Crippen molar-refractivity contribution < 1.29 is 23.6 Å². The zero-order valence-electron chi connectivity index (χ0n) is 18.8. The smallest absolute Gasteiger partial charge is 0.441 e. The number of fused-ring (bicyclic) bond motifs is 1. The van der Waals surface area contributed by atoms with E-state index in [1.165, 1.54) is 45.1 Å². The van der Waals surface area contributed by atoms with Crippen molar-refractivity contribution in [3.05, 3.63) is 102 Å². The van der Waals surface area contributed by atoms with Crippen LogP contribution >= 0.6 is 11.3 Å². The SMILES string of the molecule is CN(C)C(=O)[n+]1cc([C-](O)c2c[s+][c-](-c3cccnc3)n2)c2ccc(Oc3ccc(F)cc3)c[c-]21. The molecule has 7 nitrogen and oxygen atoms in total. The summed E-state index contributed by atoms with van der Waals surface area (Å²) in [4.78, 5) is 23.0. The van der Waals surface area contributed by atoms with Gasteiger partial charge in [-0.05, 0) is 48.2 Å². The fraction of sp³-hybridized carbons (Fsp3) is 0.0769. The van der Waals surface area contributed by atoms with E-state index in [0.717, 1.165) is 10.6 Å². The summed E-state index contributed by atoms with van der Waals surface area (Å²) in [5, 5.41) is 14.3. The molecule has 0 saturated heterocycles. The number of rotatable bonds is 5. The number of nitrogens with zero attached hydrogens (tertiary/aromatic N) is 4. The predicted molar refractivity (Wildman–Crippen MR) is 129 cm³/mol. The van der Waals surface area contributed by atoms with Gasteiger partial charge in [0.15, 0.2) is 11.3 Å². The van der Waals surface area contributed by atoms with Crippen LogP contribution < -0.4 is 9.30 Å². The molecule has 0 saturated carbocycles. The van der Waals surface area contributed by atoms with E-state index in [4.69, 9.17) is 4.74 Å². The largest absolute Gasteiger partial charge is 0.486 e. The Labute approximate surface area is 204 Å². The molecule has 0 radical (unpaired) electrons. The Balaban J connectivity index is 1.54. The Morgan fingerprint density at radius 3 is 2.66 bits per heavy atom. The van der Waals surface area contributed by atoms with Crippen LogP contribution in [0.5, 0.6) is 11.5 Å². The molecule has 0 aliphatic rings.